The summed E-state index contributed by atoms with van der Waals surface area (Å²) in [6.07, 6.45) is 3.76. The minimum atomic E-state index is -3.76. The molecule has 1 aliphatic heterocycles. The predicted octanol–water partition coefficient (Wildman–Crippen LogP) is 2.74. The van der Waals surface area contributed by atoms with Crippen molar-refractivity contribution in [2.24, 2.45) is 0 Å². The lowest BCUT2D eigenvalue weighted by atomic mass is 10.2. The molecule has 7 nitrogen and oxygen atoms in total. The van der Waals surface area contributed by atoms with Gasteiger partial charge < -0.3 is 4.74 Å². The van der Waals surface area contributed by atoms with Gasteiger partial charge in [0.15, 0.2) is 0 Å². The summed E-state index contributed by atoms with van der Waals surface area (Å²) in [5.74, 6) is 0.692. The van der Waals surface area contributed by atoms with Gasteiger partial charge in [-0.2, -0.15) is 4.31 Å². The van der Waals surface area contributed by atoms with Gasteiger partial charge in [-0.1, -0.05) is 25.0 Å². The Morgan fingerprint density at radius 3 is 1.93 bits per heavy atom. The van der Waals surface area contributed by atoms with E-state index in [0.717, 1.165) is 31.2 Å². The van der Waals surface area contributed by atoms with Crippen LogP contribution in [0, 0.1) is 0 Å². The molecule has 0 aromatic heterocycles. The normalized spacial score (nSPS) is 16.3. The number of benzene rings is 2. The molecule has 0 amide bonds. The number of rotatable bonds is 7. The summed E-state index contributed by atoms with van der Waals surface area (Å²) in [5.41, 5.74) is 0.787. The monoisotopic (exact) mass is 438 g/mol. The van der Waals surface area contributed by atoms with Gasteiger partial charge in [0, 0.05) is 19.6 Å². The van der Waals surface area contributed by atoms with Crippen molar-refractivity contribution in [3.8, 4) is 5.75 Å². The number of nitrogens with zero attached hydrogens (tertiary/aromatic N) is 1. The predicted molar refractivity (Wildman–Crippen MR) is 111 cm³/mol. The van der Waals surface area contributed by atoms with Crippen molar-refractivity contribution in [1.82, 2.24) is 9.03 Å². The summed E-state index contributed by atoms with van der Waals surface area (Å²) < 4.78 is 59.8. The average molecular weight is 439 g/mol. The van der Waals surface area contributed by atoms with E-state index in [1.807, 2.05) is 0 Å². The minimum Gasteiger partial charge on any atom is -0.497 e. The Morgan fingerprint density at radius 2 is 1.38 bits per heavy atom. The fourth-order valence-electron chi connectivity index (χ4n) is 3.23. The van der Waals surface area contributed by atoms with Crippen molar-refractivity contribution in [2.45, 2.75) is 42.0 Å². The van der Waals surface area contributed by atoms with E-state index in [1.165, 1.54) is 28.6 Å². The lowest BCUT2D eigenvalue weighted by Crippen LogP contribution is -2.32. The molecule has 0 unspecified atom stereocenters. The zero-order valence-electron chi connectivity index (χ0n) is 16.4. The molecule has 2 aromatic rings. The first-order chi connectivity index (χ1) is 13.8. The third kappa shape index (κ3) is 5.36. The van der Waals surface area contributed by atoms with Crippen LogP contribution in [0.5, 0.6) is 5.75 Å². The lowest BCUT2D eigenvalue weighted by molar-refractivity contribution is 0.414. The molecule has 0 bridgehead atoms. The second-order valence-corrected chi connectivity index (χ2v) is 10.7. The quantitative estimate of drug-likeness (QED) is 0.718. The van der Waals surface area contributed by atoms with E-state index in [0.29, 0.717) is 18.8 Å². The summed E-state index contributed by atoms with van der Waals surface area (Å²) in [4.78, 5) is 0.148. The first-order valence-electron chi connectivity index (χ1n) is 9.56. The lowest BCUT2D eigenvalue weighted by Gasteiger charge is -2.20. The number of hydrogen-bond donors (Lipinski definition) is 1. The molecule has 0 aliphatic carbocycles. The molecular weight excluding hydrogens is 412 g/mol. The third-order valence-electron chi connectivity index (χ3n) is 4.96. The van der Waals surface area contributed by atoms with E-state index in [1.54, 1.807) is 31.4 Å². The second-order valence-electron chi connectivity index (χ2n) is 6.96. The highest BCUT2D eigenvalue weighted by Gasteiger charge is 2.25. The van der Waals surface area contributed by atoms with Crippen molar-refractivity contribution in [2.75, 3.05) is 20.2 Å². The van der Waals surface area contributed by atoms with Crippen LogP contribution in [0.1, 0.15) is 31.2 Å². The van der Waals surface area contributed by atoms with E-state index in [4.69, 9.17) is 4.74 Å². The van der Waals surface area contributed by atoms with Crippen LogP contribution in [0.3, 0.4) is 0 Å². The van der Waals surface area contributed by atoms with Gasteiger partial charge in [0.1, 0.15) is 5.75 Å². The molecule has 158 valence electrons. The van der Waals surface area contributed by atoms with Gasteiger partial charge in [-0.15, -0.1) is 0 Å². The Kier molecular flexibility index (Phi) is 6.94. The highest BCUT2D eigenvalue weighted by atomic mass is 32.2. The highest BCUT2D eigenvalue weighted by Crippen LogP contribution is 2.22. The smallest absolute Gasteiger partial charge is 0.243 e. The zero-order chi connectivity index (χ0) is 20.9. The maximum absolute atomic E-state index is 12.8. The molecule has 2 aromatic carbocycles. The van der Waals surface area contributed by atoms with Gasteiger partial charge in [0.05, 0.1) is 16.9 Å². The van der Waals surface area contributed by atoms with E-state index in [-0.39, 0.29) is 16.3 Å². The van der Waals surface area contributed by atoms with Gasteiger partial charge >= 0.3 is 0 Å². The van der Waals surface area contributed by atoms with Gasteiger partial charge in [-0.25, -0.2) is 21.6 Å². The molecular formula is C20H26N2O5S2. The molecule has 9 heteroatoms. The second kappa shape index (κ2) is 9.25. The Bertz CT molecular complexity index is 1010. The Labute approximate surface area is 172 Å². The first kappa shape index (κ1) is 21.8. The highest BCUT2D eigenvalue weighted by molar-refractivity contribution is 7.89. The summed E-state index contributed by atoms with van der Waals surface area (Å²) >= 11 is 0. The number of sulfonamides is 2. The van der Waals surface area contributed by atoms with Crippen molar-refractivity contribution in [1.29, 1.82) is 0 Å². The van der Waals surface area contributed by atoms with E-state index in [9.17, 15) is 16.8 Å². The number of methoxy groups -OCH3 is 1. The van der Waals surface area contributed by atoms with Crippen LogP contribution in [0.15, 0.2) is 58.3 Å². The van der Waals surface area contributed by atoms with E-state index < -0.39 is 20.0 Å². The molecule has 1 heterocycles. The van der Waals surface area contributed by atoms with Gasteiger partial charge in [-0.3, -0.25) is 0 Å². The van der Waals surface area contributed by atoms with Crippen molar-refractivity contribution >= 4 is 20.0 Å². The molecule has 3 rings (SSSR count). The van der Waals surface area contributed by atoms with Crippen LogP contribution in [0.25, 0.3) is 0 Å². The van der Waals surface area contributed by atoms with Crippen LogP contribution in [0.4, 0.5) is 0 Å². The van der Waals surface area contributed by atoms with E-state index in [2.05, 4.69) is 4.72 Å². The van der Waals surface area contributed by atoms with Gasteiger partial charge in [0.25, 0.3) is 0 Å². The molecule has 0 saturated carbocycles. The van der Waals surface area contributed by atoms with Crippen LogP contribution in [-0.4, -0.2) is 41.3 Å². The maximum Gasteiger partial charge on any atom is 0.243 e. The van der Waals surface area contributed by atoms with Gasteiger partial charge in [-0.05, 0) is 54.8 Å². The number of ether oxygens (including phenoxy) is 1. The summed E-state index contributed by atoms with van der Waals surface area (Å²) in [6.45, 7) is 1.14. The molecule has 1 fully saturated rings. The SMILES string of the molecule is COc1ccc(CNS(=O)(=O)c2ccc(S(=O)(=O)N3CCCCCC3)cc2)cc1. The number of hydrogen-bond acceptors (Lipinski definition) is 5. The molecule has 0 radical (unpaired) electrons. The van der Waals surface area contributed by atoms with Crippen molar-refractivity contribution < 1.29 is 21.6 Å². The Morgan fingerprint density at radius 1 is 0.828 bits per heavy atom. The number of nitrogens with one attached hydrogen (secondary N) is 1. The van der Waals surface area contributed by atoms with Crippen LogP contribution in [0.2, 0.25) is 0 Å². The van der Waals surface area contributed by atoms with Gasteiger partial charge in [0.2, 0.25) is 20.0 Å². The third-order valence-corrected chi connectivity index (χ3v) is 8.29. The molecule has 0 spiro atoms. The largest absolute Gasteiger partial charge is 0.497 e. The van der Waals surface area contributed by atoms with Crippen LogP contribution < -0.4 is 9.46 Å². The fourth-order valence-corrected chi connectivity index (χ4v) is 5.76. The Balaban J connectivity index is 1.70. The fraction of sp³-hybridized carbons (Fsp3) is 0.400. The first-order valence-corrected chi connectivity index (χ1v) is 12.5. The van der Waals surface area contributed by atoms with Crippen molar-refractivity contribution in [3.63, 3.8) is 0 Å². The standard InChI is InChI=1S/C20H26N2O5S2/c1-27-18-8-6-17(7-9-18)16-21-28(23,24)19-10-12-20(13-11-19)29(25,26)22-14-4-2-3-5-15-22/h6-13,21H,2-5,14-16H2,1H3. The summed E-state index contributed by atoms with van der Waals surface area (Å²) in [5, 5.41) is 0. The summed E-state index contributed by atoms with van der Waals surface area (Å²) in [7, 11) is -5.80. The topological polar surface area (TPSA) is 92.8 Å². The molecule has 1 saturated heterocycles. The van der Waals surface area contributed by atoms with Crippen LogP contribution in [-0.2, 0) is 26.6 Å². The zero-order valence-corrected chi connectivity index (χ0v) is 18.0. The average Bonchev–Trinajstić information content (AvgIpc) is 3.03. The van der Waals surface area contributed by atoms with E-state index >= 15 is 0 Å². The molecule has 1 N–H and O–H groups in total. The van der Waals surface area contributed by atoms with Crippen molar-refractivity contribution in [3.05, 3.63) is 54.1 Å². The van der Waals surface area contributed by atoms with Crippen LogP contribution >= 0.6 is 0 Å². The Hall–Kier alpha value is -1.94. The minimum absolute atomic E-state index is 0.0285. The molecule has 29 heavy (non-hydrogen) atoms. The molecule has 0 atom stereocenters. The maximum atomic E-state index is 12.8. The summed E-state index contributed by atoms with van der Waals surface area (Å²) in [6, 6.07) is 12.5. The molecule has 1 aliphatic rings.